The maximum Gasteiger partial charge on any atom is 0.244 e. The van der Waals surface area contributed by atoms with E-state index in [1.165, 1.54) is 39.1 Å². The van der Waals surface area contributed by atoms with Crippen LogP contribution >= 0.6 is 34.7 Å². The first-order valence-corrected chi connectivity index (χ1v) is 11.6. The summed E-state index contributed by atoms with van der Waals surface area (Å²) in [4.78, 5) is 25.9. The quantitative estimate of drug-likeness (QED) is 0.457. The standard InChI is InChI=1S/C21H22ClN5O2S2/c1-13-8-9-15(10-14(13)2)23-20-25-26-21(31-20)30-12-19(29)27(3)11-18(28)24-17-7-5-4-6-16(17)22/h4-10H,11-12H2,1-3H3,(H,23,25)(H,24,28). The summed E-state index contributed by atoms with van der Waals surface area (Å²) >= 11 is 8.70. The lowest BCUT2D eigenvalue weighted by Gasteiger charge is -2.16. The number of carbonyl (C=O) groups excluding carboxylic acids is 2. The third-order valence-corrected chi connectivity index (χ3v) is 6.72. The second kappa shape index (κ2) is 10.6. The minimum Gasteiger partial charge on any atom is -0.336 e. The van der Waals surface area contributed by atoms with Crippen LogP contribution in [0.4, 0.5) is 16.5 Å². The van der Waals surface area contributed by atoms with Gasteiger partial charge in [-0.2, -0.15) is 0 Å². The van der Waals surface area contributed by atoms with E-state index in [0.29, 0.717) is 20.2 Å². The Kier molecular flexibility index (Phi) is 7.89. The number of aryl methyl sites for hydroxylation is 2. The van der Waals surface area contributed by atoms with Crippen LogP contribution in [0, 0.1) is 13.8 Å². The lowest BCUT2D eigenvalue weighted by Crippen LogP contribution is -2.36. The maximum absolute atomic E-state index is 12.4. The number of nitrogens with one attached hydrogen (secondary N) is 2. The minimum atomic E-state index is -0.315. The Morgan fingerprint density at radius 3 is 2.65 bits per heavy atom. The van der Waals surface area contributed by atoms with Crippen molar-refractivity contribution < 1.29 is 9.59 Å². The van der Waals surface area contributed by atoms with Crippen LogP contribution in [0.15, 0.2) is 46.8 Å². The number of para-hydroxylation sites is 1. The van der Waals surface area contributed by atoms with E-state index in [1.807, 2.05) is 12.1 Å². The molecule has 0 bridgehead atoms. The highest BCUT2D eigenvalue weighted by atomic mass is 35.5. The van der Waals surface area contributed by atoms with Crippen LogP contribution in [-0.2, 0) is 9.59 Å². The normalized spacial score (nSPS) is 10.6. The van der Waals surface area contributed by atoms with Crippen LogP contribution < -0.4 is 10.6 Å². The molecular formula is C21H22ClN5O2S2. The fourth-order valence-electron chi connectivity index (χ4n) is 2.55. The Morgan fingerprint density at radius 1 is 1.13 bits per heavy atom. The molecular weight excluding hydrogens is 454 g/mol. The highest BCUT2D eigenvalue weighted by molar-refractivity contribution is 8.01. The smallest absolute Gasteiger partial charge is 0.244 e. The predicted molar refractivity (Wildman–Crippen MR) is 128 cm³/mol. The summed E-state index contributed by atoms with van der Waals surface area (Å²) in [6, 6.07) is 13.0. The lowest BCUT2D eigenvalue weighted by molar-refractivity contribution is -0.131. The van der Waals surface area contributed by atoms with Gasteiger partial charge in [0.1, 0.15) is 0 Å². The number of aromatic nitrogens is 2. The van der Waals surface area contributed by atoms with Crippen LogP contribution in [0.2, 0.25) is 5.02 Å². The topological polar surface area (TPSA) is 87.2 Å². The van der Waals surface area contributed by atoms with Gasteiger partial charge in [-0.05, 0) is 49.2 Å². The molecule has 0 aliphatic carbocycles. The van der Waals surface area contributed by atoms with Crippen LogP contribution in [-0.4, -0.2) is 46.3 Å². The number of carbonyl (C=O) groups is 2. The van der Waals surface area contributed by atoms with E-state index in [1.54, 1.807) is 31.3 Å². The molecule has 0 aliphatic heterocycles. The summed E-state index contributed by atoms with van der Waals surface area (Å²) in [6.07, 6.45) is 0. The van der Waals surface area contributed by atoms with Crippen LogP contribution in [0.5, 0.6) is 0 Å². The van der Waals surface area contributed by atoms with Gasteiger partial charge >= 0.3 is 0 Å². The summed E-state index contributed by atoms with van der Waals surface area (Å²) in [5.74, 6) is -0.336. The Bertz CT molecular complexity index is 1090. The van der Waals surface area contributed by atoms with Crippen LogP contribution in [0.25, 0.3) is 0 Å². The number of anilines is 3. The summed E-state index contributed by atoms with van der Waals surface area (Å²) in [7, 11) is 1.59. The van der Waals surface area contributed by atoms with E-state index >= 15 is 0 Å². The molecule has 0 aliphatic rings. The van der Waals surface area contributed by atoms with Gasteiger partial charge in [0, 0.05) is 12.7 Å². The zero-order valence-electron chi connectivity index (χ0n) is 17.3. The maximum atomic E-state index is 12.4. The van der Waals surface area contributed by atoms with Gasteiger partial charge in [0.15, 0.2) is 4.34 Å². The number of likely N-dealkylation sites (N-methyl/N-ethyl adjacent to an activating group) is 1. The molecule has 2 N–H and O–H groups in total. The largest absolute Gasteiger partial charge is 0.336 e. The molecule has 0 fully saturated rings. The van der Waals surface area contributed by atoms with E-state index in [2.05, 4.69) is 40.7 Å². The number of thioether (sulfide) groups is 1. The first-order chi connectivity index (χ1) is 14.8. The molecule has 0 radical (unpaired) electrons. The zero-order chi connectivity index (χ0) is 22.4. The number of rotatable bonds is 8. The van der Waals surface area contributed by atoms with Crippen molar-refractivity contribution in [2.45, 2.75) is 18.2 Å². The number of nitrogens with zero attached hydrogens (tertiary/aromatic N) is 3. The van der Waals surface area contributed by atoms with Crippen LogP contribution in [0.3, 0.4) is 0 Å². The highest BCUT2D eigenvalue weighted by Crippen LogP contribution is 2.28. The van der Waals surface area contributed by atoms with Crippen molar-refractivity contribution >= 4 is 63.0 Å². The van der Waals surface area contributed by atoms with Gasteiger partial charge in [0.05, 0.1) is 23.0 Å². The molecule has 1 aromatic heterocycles. The first kappa shape index (κ1) is 23.1. The van der Waals surface area contributed by atoms with Crippen molar-refractivity contribution in [1.29, 1.82) is 0 Å². The van der Waals surface area contributed by atoms with Gasteiger partial charge < -0.3 is 15.5 Å². The van der Waals surface area contributed by atoms with Crippen molar-refractivity contribution in [2.75, 3.05) is 30.0 Å². The molecule has 10 heteroatoms. The Balaban J connectivity index is 1.47. The van der Waals surface area contributed by atoms with Gasteiger partial charge in [0.2, 0.25) is 16.9 Å². The van der Waals surface area contributed by atoms with Gasteiger partial charge in [0.25, 0.3) is 0 Å². The lowest BCUT2D eigenvalue weighted by atomic mass is 10.1. The molecule has 0 unspecified atom stereocenters. The van der Waals surface area contributed by atoms with Crippen molar-refractivity contribution in [2.24, 2.45) is 0 Å². The Labute approximate surface area is 194 Å². The molecule has 0 saturated heterocycles. The molecule has 2 aromatic carbocycles. The van der Waals surface area contributed by atoms with E-state index in [-0.39, 0.29) is 24.1 Å². The zero-order valence-corrected chi connectivity index (χ0v) is 19.7. The van der Waals surface area contributed by atoms with Crippen molar-refractivity contribution in [3.63, 3.8) is 0 Å². The second-order valence-electron chi connectivity index (χ2n) is 6.86. The average Bonchev–Trinajstić information content (AvgIpc) is 3.18. The fraction of sp³-hybridized carbons (Fsp3) is 0.238. The number of hydrogen-bond acceptors (Lipinski definition) is 7. The fourth-order valence-corrected chi connectivity index (χ4v) is 4.45. The number of halogens is 1. The number of amides is 2. The van der Waals surface area contributed by atoms with E-state index in [9.17, 15) is 9.59 Å². The molecule has 3 aromatic rings. The predicted octanol–water partition coefficient (Wildman–Crippen LogP) is 4.74. The highest BCUT2D eigenvalue weighted by Gasteiger charge is 2.15. The minimum absolute atomic E-state index is 0.0691. The summed E-state index contributed by atoms with van der Waals surface area (Å²) in [5, 5.41) is 15.3. The number of hydrogen-bond donors (Lipinski definition) is 2. The molecule has 7 nitrogen and oxygen atoms in total. The second-order valence-corrected chi connectivity index (χ2v) is 9.47. The molecule has 162 valence electrons. The van der Waals surface area contributed by atoms with E-state index in [0.717, 1.165) is 5.69 Å². The molecule has 1 heterocycles. The SMILES string of the molecule is Cc1ccc(Nc2nnc(SCC(=O)N(C)CC(=O)Nc3ccccc3Cl)s2)cc1C. The third kappa shape index (κ3) is 6.68. The van der Waals surface area contributed by atoms with Gasteiger partial charge in [-0.1, -0.05) is 52.9 Å². The first-order valence-electron chi connectivity index (χ1n) is 9.41. The molecule has 0 atom stereocenters. The molecule has 0 spiro atoms. The van der Waals surface area contributed by atoms with Gasteiger partial charge in [-0.15, -0.1) is 10.2 Å². The molecule has 2 amide bonds. The Morgan fingerprint density at radius 2 is 1.90 bits per heavy atom. The van der Waals surface area contributed by atoms with Crippen molar-refractivity contribution in [1.82, 2.24) is 15.1 Å². The van der Waals surface area contributed by atoms with Gasteiger partial charge in [-0.3, -0.25) is 9.59 Å². The number of benzene rings is 2. The average molecular weight is 476 g/mol. The monoisotopic (exact) mass is 475 g/mol. The molecule has 0 saturated carbocycles. The summed E-state index contributed by atoms with van der Waals surface area (Å²) in [5.41, 5.74) is 3.87. The molecule has 3 rings (SSSR count). The van der Waals surface area contributed by atoms with E-state index < -0.39 is 0 Å². The van der Waals surface area contributed by atoms with E-state index in [4.69, 9.17) is 11.6 Å². The van der Waals surface area contributed by atoms with Crippen molar-refractivity contribution in [3.8, 4) is 0 Å². The summed E-state index contributed by atoms with van der Waals surface area (Å²) in [6.45, 7) is 4.05. The van der Waals surface area contributed by atoms with Crippen molar-refractivity contribution in [3.05, 3.63) is 58.6 Å². The van der Waals surface area contributed by atoms with Gasteiger partial charge in [-0.25, -0.2) is 0 Å². The third-order valence-electron chi connectivity index (χ3n) is 4.44. The van der Waals surface area contributed by atoms with Crippen LogP contribution in [0.1, 0.15) is 11.1 Å². The Hall–Kier alpha value is -2.62. The summed E-state index contributed by atoms with van der Waals surface area (Å²) < 4.78 is 0.675. The molecule has 31 heavy (non-hydrogen) atoms.